The summed E-state index contributed by atoms with van der Waals surface area (Å²) in [6.45, 7) is 3.62. The van der Waals surface area contributed by atoms with Crippen molar-refractivity contribution in [3.05, 3.63) is 0 Å². The van der Waals surface area contributed by atoms with Gasteiger partial charge in [0, 0.05) is 31.0 Å². The number of alkyl halides is 1. The fourth-order valence-electron chi connectivity index (χ4n) is 2.36. The quantitative estimate of drug-likeness (QED) is 0.689. The SMILES string of the molecule is CN(C)CCN(CCBr)C1CCCCC1. The van der Waals surface area contributed by atoms with Crippen molar-refractivity contribution in [3.63, 3.8) is 0 Å². The molecule has 0 spiro atoms. The molecule has 0 bridgehead atoms. The molecule has 0 aromatic carbocycles. The summed E-state index contributed by atoms with van der Waals surface area (Å²) in [5, 5.41) is 1.11. The van der Waals surface area contributed by atoms with E-state index in [1.54, 1.807) is 0 Å². The van der Waals surface area contributed by atoms with Crippen LogP contribution in [0.25, 0.3) is 0 Å². The summed E-state index contributed by atoms with van der Waals surface area (Å²) in [4.78, 5) is 4.96. The molecule has 0 saturated heterocycles. The van der Waals surface area contributed by atoms with Crippen LogP contribution in [0.4, 0.5) is 0 Å². The first-order valence-electron chi connectivity index (χ1n) is 6.19. The molecule has 1 rings (SSSR count). The van der Waals surface area contributed by atoms with Crippen LogP contribution in [0.5, 0.6) is 0 Å². The van der Waals surface area contributed by atoms with Crippen LogP contribution in [0.15, 0.2) is 0 Å². The van der Waals surface area contributed by atoms with Crippen LogP contribution in [0.2, 0.25) is 0 Å². The first-order chi connectivity index (χ1) is 7.24. The van der Waals surface area contributed by atoms with Crippen LogP contribution < -0.4 is 0 Å². The minimum absolute atomic E-state index is 0.858. The molecule has 0 heterocycles. The number of hydrogen-bond donors (Lipinski definition) is 0. The first-order valence-corrected chi connectivity index (χ1v) is 7.31. The maximum absolute atomic E-state index is 3.57. The molecule has 1 aliphatic rings. The number of nitrogens with zero attached hydrogens (tertiary/aromatic N) is 2. The summed E-state index contributed by atoms with van der Waals surface area (Å²) in [6, 6.07) is 0.858. The molecule has 0 aromatic rings. The molecule has 0 radical (unpaired) electrons. The molecular formula is C12H25BrN2. The maximum atomic E-state index is 3.57. The van der Waals surface area contributed by atoms with Crippen molar-refractivity contribution < 1.29 is 0 Å². The molecule has 15 heavy (non-hydrogen) atoms. The topological polar surface area (TPSA) is 6.48 Å². The maximum Gasteiger partial charge on any atom is 0.0159 e. The van der Waals surface area contributed by atoms with E-state index in [1.165, 1.54) is 51.7 Å². The molecule has 0 aromatic heterocycles. The fourth-order valence-corrected chi connectivity index (χ4v) is 2.82. The zero-order chi connectivity index (χ0) is 11.1. The molecule has 0 amide bonds. The van der Waals surface area contributed by atoms with Gasteiger partial charge in [0.25, 0.3) is 0 Å². The van der Waals surface area contributed by atoms with E-state index in [2.05, 4.69) is 39.8 Å². The number of rotatable bonds is 6. The zero-order valence-electron chi connectivity index (χ0n) is 10.2. The van der Waals surface area contributed by atoms with E-state index in [4.69, 9.17) is 0 Å². The molecule has 90 valence electrons. The Kier molecular flexibility index (Phi) is 6.86. The van der Waals surface area contributed by atoms with E-state index in [0.717, 1.165) is 11.4 Å². The summed E-state index contributed by atoms with van der Waals surface area (Å²) in [5.74, 6) is 0. The highest BCUT2D eigenvalue weighted by Gasteiger charge is 2.20. The standard InChI is InChI=1S/C12H25BrN2/c1-14(2)10-11-15(9-8-13)12-6-4-3-5-7-12/h12H,3-11H2,1-2H3. The molecule has 3 heteroatoms. The third kappa shape index (κ3) is 5.32. The molecule has 1 aliphatic carbocycles. The Balaban J connectivity index is 2.33. The van der Waals surface area contributed by atoms with Crippen LogP contribution in [-0.4, -0.2) is 54.9 Å². The van der Waals surface area contributed by atoms with Crippen molar-refractivity contribution >= 4 is 15.9 Å². The van der Waals surface area contributed by atoms with Crippen molar-refractivity contribution in [2.24, 2.45) is 0 Å². The highest BCUT2D eigenvalue weighted by Crippen LogP contribution is 2.22. The largest absolute Gasteiger partial charge is 0.308 e. The van der Waals surface area contributed by atoms with Gasteiger partial charge in [0.05, 0.1) is 0 Å². The number of halogens is 1. The average Bonchev–Trinajstić information content (AvgIpc) is 2.25. The predicted octanol–water partition coefficient (Wildman–Crippen LogP) is 2.58. The van der Waals surface area contributed by atoms with Crippen LogP contribution in [0, 0.1) is 0 Å². The summed E-state index contributed by atoms with van der Waals surface area (Å²) in [7, 11) is 4.32. The van der Waals surface area contributed by atoms with Gasteiger partial charge in [0.2, 0.25) is 0 Å². The lowest BCUT2D eigenvalue weighted by atomic mass is 9.94. The molecule has 0 unspecified atom stereocenters. The van der Waals surface area contributed by atoms with E-state index >= 15 is 0 Å². The molecule has 1 fully saturated rings. The van der Waals surface area contributed by atoms with Gasteiger partial charge >= 0.3 is 0 Å². The smallest absolute Gasteiger partial charge is 0.0159 e. The van der Waals surface area contributed by atoms with Crippen LogP contribution >= 0.6 is 15.9 Å². The minimum atomic E-state index is 0.858. The van der Waals surface area contributed by atoms with Crippen LogP contribution in [0.1, 0.15) is 32.1 Å². The average molecular weight is 277 g/mol. The lowest BCUT2D eigenvalue weighted by Gasteiger charge is -2.34. The van der Waals surface area contributed by atoms with Crippen molar-refractivity contribution in [2.45, 2.75) is 38.1 Å². The van der Waals surface area contributed by atoms with Crippen molar-refractivity contribution in [2.75, 3.05) is 39.1 Å². The third-order valence-electron chi connectivity index (χ3n) is 3.30. The van der Waals surface area contributed by atoms with E-state index in [-0.39, 0.29) is 0 Å². The Morgan fingerprint density at radius 2 is 1.67 bits per heavy atom. The minimum Gasteiger partial charge on any atom is -0.308 e. The molecular weight excluding hydrogens is 252 g/mol. The lowest BCUT2D eigenvalue weighted by molar-refractivity contribution is 0.153. The van der Waals surface area contributed by atoms with E-state index in [9.17, 15) is 0 Å². The van der Waals surface area contributed by atoms with Gasteiger partial charge in [-0.05, 0) is 26.9 Å². The van der Waals surface area contributed by atoms with Gasteiger partial charge in [-0.2, -0.15) is 0 Å². The third-order valence-corrected chi connectivity index (χ3v) is 3.65. The van der Waals surface area contributed by atoms with Gasteiger partial charge in [0.15, 0.2) is 0 Å². The lowest BCUT2D eigenvalue weighted by Crippen LogP contribution is -2.41. The van der Waals surface area contributed by atoms with E-state index < -0.39 is 0 Å². The molecule has 0 atom stereocenters. The van der Waals surface area contributed by atoms with Crippen molar-refractivity contribution in [3.8, 4) is 0 Å². The number of hydrogen-bond acceptors (Lipinski definition) is 2. The first kappa shape index (κ1) is 13.5. The Bertz CT molecular complexity index is 156. The summed E-state index contributed by atoms with van der Waals surface area (Å²) < 4.78 is 0. The van der Waals surface area contributed by atoms with Gasteiger partial charge in [0.1, 0.15) is 0 Å². The molecule has 1 saturated carbocycles. The summed E-state index contributed by atoms with van der Waals surface area (Å²) >= 11 is 3.57. The fraction of sp³-hybridized carbons (Fsp3) is 1.00. The Morgan fingerprint density at radius 1 is 1.00 bits per heavy atom. The second-order valence-electron chi connectivity index (χ2n) is 4.82. The Morgan fingerprint density at radius 3 is 2.20 bits per heavy atom. The van der Waals surface area contributed by atoms with Gasteiger partial charge in [-0.1, -0.05) is 35.2 Å². The zero-order valence-corrected chi connectivity index (χ0v) is 11.8. The van der Waals surface area contributed by atoms with Crippen molar-refractivity contribution in [1.29, 1.82) is 0 Å². The summed E-state index contributed by atoms with van der Waals surface area (Å²) in [5.41, 5.74) is 0. The van der Waals surface area contributed by atoms with Gasteiger partial charge in [-0.25, -0.2) is 0 Å². The Hall–Kier alpha value is 0.400. The van der Waals surface area contributed by atoms with Gasteiger partial charge in [-0.3, -0.25) is 4.90 Å². The van der Waals surface area contributed by atoms with Gasteiger partial charge in [-0.15, -0.1) is 0 Å². The van der Waals surface area contributed by atoms with E-state index in [1.807, 2.05) is 0 Å². The van der Waals surface area contributed by atoms with Gasteiger partial charge < -0.3 is 4.90 Å². The summed E-state index contributed by atoms with van der Waals surface area (Å²) in [6.07, 6.45) is 7.16. The molecule has 2 nitrogen and oxygen atoms in total. The van der Waals surface area contributed by atoms with Crippen LogP contribution in [0.3, 0.4) is 0 Å². The predicted molar refractivity (Wildman–Crippen MR) is 70.8 cm³/mol. The highest BCUT2D eigenvalue weighted by molar-refractivity contribution is 9.09. The van der Waals surface area contributed by atoms with E-state index in [0.29, 0.717) is 0 Å². The van der Waals surface area contributed by atoms with Crippen molar-refractivity contribution in [1.82, 2.24) is 9.80 Å². The number of likely N-dealkylation sites (N-methyl/N-ethyl adjacent to an activating group) is 1. The monoisotopic (exact) mass is 276 g/mol. The highest BCUT2D eigenvalue weighted by atomic mass is 79.9. The molecule has 0 aliphatic heterocycles. The Labute approximate surface area is 103 Å². The normalized spacial score (nSPS) is 19.0. The second kappa shape index (κ2) is 7.64. The second-order valence-corrected chi connectivity index (χ2v) is 5.61. The molecule has 0 N–H and O–H groups in total. The van der Waals surface area contributed by atoms with Crippen LogP contribution in [-0.2, 0) is 0 Å².